The number of rotatable bonds is 8. The number of nitrogens with two attached hydrogens (primary N) is 1. The highest BCUT2D eigenvalue weighted by molar-refractivity contribution is 7.91. The van der Waals surface area contributed by atoms with E-state index in [1.807, 2.05) is 24.3 Å². The van der Waals surface area contributed by atoms with Crippen LogP contribution >= 0.6 is 0 Å². The fraction of sp³-hybridized carbons (Fsp3) is 0.300. The molecule has 1 fully saturated rings. The Morgan fingerprint density at radius 3 is 2.00 bits per heavy atom. The Hall–Kier alpha value is -4.63. The lowest BCUT2D eigenvalue weighted by Gasteiger charge is -2.26. The number of anilines is 2. The molecule has 0 radical (unpaired) electrons. The number of nitrogens with zero attached hydrogens (tertiary/aromatic N) is 3. The second kappa shape index (κ2) is 14.0. The van der Waals surface area contributed by atoms with E-state index in [1.165, 1.54) is 54.0 Å². The van der Waals surface area contributed by atoms with Crippen LogP contribution in [0.3, 0.4) is 0 Å². The van der Waals surface area contributed by atoms with E-state index in [0.29, 0.717) is 17.2 Å². The van der Waals surface area contributed by atoms with Crippen molar-refractivity contribution in [3.8, 4) is 0 Å². The fourth-order valence-electron chi connectivity index (χ4n) is 5.11. The van der Waals surface area contributed by atoms with Gasteiger partial charge in [0.05, 0.1) is 16.3 Å². The molecule has 1 aliphatic carbocycles. The number of hydrogen-bond donors (Lipinski definition) is 4. The average Bonchev–Trinajstić information content (AvgIpc) is 2.99. The number of nitrogens with one attached hydrogen (secondary N) is 3. The number of urea groups is 1. The van der Waals surface area contributed by atoms with Crippen molar-refractivity contribution in [3.63, 3.8) is 0 Å². The van der Waals surface area contributed by atoms with E-state index in [1.54, 1.807) is 12.1 Å². The van der Waals surface area contributed by atoms with Crippen LogP contribution in [-0.4, -0.2) is 47.2 Å². The van der Waals surface area contributed by atoms with Gasteiger partial charge in [0.25, 0.3) is 5.91 Å². The van der Waals surface area contributed by atoms with Crippen LogP contribution in [0.1, 0.15) is 59.5 Å². The molecule has 0 saturated heterocycles. The van der Waals surface area contributed by atoms with E-state index < -0.39 is 37.6 Å². The predicted molar refractivity (Wildman–Crippen MR) is 171 cm³/mol. The summed E-state index contributed by atoms with van der Waals surface area (Å²) in [6, 6.07) is 16.9. The molecule has 0 unspecified atom stereocenters. The maximum absolute atomic E-state index is 13.8. The Labute approximate surface area is 262 Å². The lowest BCUT2D eigenvalue weighted by molar-refractivity contribution is 0.0976. The molecule has 0 heterocycles. The first-order chi connectivity index (χ1) is 21.2. The van der Waals surface area contributed by atoms with Crippen molar-refractivity contribution in [3.05, 3.63) is 83.4 Å². The van der Waals surface area contributed by atoms with Crippen molar-refractivity contribution in [1.29, 1.82) is 5.41 Å². The Balaban J connectivity index is 1.65. The molecule has 4 rings (SSSR count). The minimum absolute atomic E-state index is 0.00345. The van der Waals surface area contributed by atoms with Crippen molar-refractivity contribution >= 4 is 48.9 Å². The highest BCUT2D eigenvalue weighted by Crippen LogP contribution is 2.34. The quantitative estimate of drug-likeness (QED) is 0.0880. The predicted octanol–water partition coefficient (Wildman–Crippen LogP) is 4.77. The number of hydrogen-bond acceptors (Lipinski definition) is 8. The number of amides is 3. The van der Waals surface area contributed by atoms with E-state index in [0.717, 1.165) is 31.4 Å². The summed E-state index contributed by atoms with van der Waals surface area (Å²) in [5.74, 6) is 4.24. The van der Waals surface area contributed by atoms with Gasteiger partial charge in [-0.3, -0.25) is 20.4 Å². The first-order valence-electron chi connectivity index (χ1n) is 14.1. The van der Waals surface area contributed by atoms with Crippen LogP contribution in [0.4, 0.5) is 16.2 Å². The largest absolute Gasteiger partial charge is 0.326 e. The van der Waals surface area contributed by atoms with E-state index in [9.17, 15) is 26.4 Å². The summed E-state index contributed by atoms with van der Waals surface area (Å²) in [4.78, 5) is 27.1. The molecule has 5 N–H and O–H groups in total. The maximum atomic E-state index is 13.8. The SMILES string of the molecule is CS(=O)(=O)c1cc(NC(=O)N(Cc2ccc(C(=O)NC(=N)N=NN)cc2)c2ccc(C3CCCCC3)cc2)cc(S(C)(=O)=O)c1. The summed E-state index contributed by atoms with van der Waals surface area (Å²) in [5, 5.41) is 18.6. The van der Waals surface area contributed by atoms with E-state index >= 15 is 0 Å². The summed E-state index contributed by atoms with van der Waals surface area (Å²) in [7, 11) is -7.59. The number of guanidine groups is 1. The van der Waals surface area contributed by atoms with Gasteiger partial charge in [-0.1, -0.05) is 53.9 Å². The summed E-state index contributed by atoms with van der Waals surface area (Å²) < 4.78 is 49.2. The average molecular weight is 654 g/mol. The van der Waals surface area contributed by atoms with Gasteiger partial charge >= 0.3 is 6.03 Å². The van der Waals surface area contributed by atoms with Crippen LogP contribution in [0.25, 0.3) is 0 Å². The van der Waals surface area contributed by atoms with Gasteiger partial charge in [-0.15, -0.1) is 0 Å². The smallest absolute Gasteiger partial charge is 0.307 e. The third kappa shape index (κ3) is 8.95. The lowest BCUT2D eigenvalue weighted by Crippen LogP contribution is -2.34. The summed E-state index contributed by atoms with van der Waals surface area (Å²) in [5.41, 5.74) is 2.62. The monoisotopic (exact) mass is 653 g/mol. The Bertz CT molecular complexity index is 1770. The number of benzene rings is 3. The molecule has 238 valence electrons. The van der Waals surface area contributed by atoms with Crippen LogP contribution in [0.5, 0.6) is 0 Å². The lowest BCUT2D eigenvalue weighted by atomic mass is 9.84. The van der Waals surface area contributed by atoms with Crippen LogP contribution in [-0.2, 0) is 26.2 Å². The van der Waals surface area contributed by atoms with Gasteiger partial charge in [-0.2, -0.15) is 0 Å². The Kier molecular flexibility index (Phi) is 10.3. The molecular weight excluding hydrogens is 619 g/mol. The molecular formula is C30H35N7O6S2. The zero-order valence-electron chi connectivity index (χ0n) is 24.9. The van der Waals surface area contributed by atoms with Crippen LogP contribution in [0.15, 0.2) is 86.9 Å². The zero-order chi connectivity index (χ0) is 32.8. The second-order valence-electron chi connectivity index (χ2n) is 10.9. The molecule has 1 saturated carbocycles. The normalized spacial score (nSPS) is 14.2. The molecule has 3 aromatic carbocycles. The topological polar surface area (TPSA) is 204 Å². The third-order valence-electron chi connectivity index (χ3n) is 7.46. The minimum atomic E-state index is -3.80. The molecule has 13 nitrogen and oxygen atoms in total. The summed E-state index contributed by atoms with van der Waals surface area (Å²) in [6.07, 6.45) is 7.70. The van der Waals surface area contributed by atoms with Crippen molar-refractivity contribution in [2.45, 2.75) is 54.4 Å². The summed E-state index contributed by atoms with van der Waals surface area (Å²) >= 11 is 0. The van der Waals surface area contributed by atoms with Crippen molar-refractivity contribution in [2.24, 2.45) is 16.2 Å². The zero-order valence-corrected chi connectivity index (χ0v) is 26.5. The number of sulfone groups is 2. The molecule has 15 heteroatoms. The molecule has 0 aromatic heterocycles. The minimum Gasteiger partial charge on any atom is -0.307 e. The van der Waals surface area contributed by atoms with Crippen LogP contribution in [0, 0.1) is 5.41 Å². The Morgan fingerprint density at radius 1 is 0.889 bits per heavy atom. The number of carbonyl (C=O) groups is 2. The van der Waals surface area contributed by atoms with Crippen LogP contribution in [0.2, 0.25) is 0 Å². The van der Waals surface area contributed by atoms with Crippen LogP contribution < -0.4 is 21.4 Å². The molecule has 0 bridgehead atoms. The Morgan fingerprint density at radius 2 is 1.47 bits per heavy atom. The molecule has 45 heavy (non-hydrogen) atoms. The number of carbonyl (C=O) groups excluding carboxylic acids is 2. The second-order valence-corrected chi connectivity index (χ2v) is 14.9. The van der Waals surface area contributed by atoms with Gasteiger partial charge in [0.1, 0.15) is 0 Å². The molecule has 0 aliphatic heterocycles. The molecule has 1 aliphatic rings. The third-order valence-corrected chi connectivity index (χ3v) is 9.64. The van der Waals surface area contributed by atoms with Crippen molar-refractivity contribution < 1.29 is 26.4 Å². The highest BCUT2D eigenvalue weighted by Gasteiger charge is 2.22. The van der Waals surface area contributed by atoms with Gasteiger partial charge in [0, 0.05) is 29.4 Å². The maximum Gasteiger partial charge on any atom is 0.326 e. The first-order valence-corrected chi connectivity index (χ1v) is 17.9. The van der Waals surface area contributed by atoms with Gasteiger partial charge in [-0.05, 0) is 72.4 Å². The molecule has 0 atom stereocenters. The van der Waals surface area contributed by atoms with E-state index in [-0.39, 0.29) is 27.6 Å². The fourth-order valence-corrected chi connectivity index (χ4v) is 6.55. The highest BCUT2D eigenvalue weighted by atomic mass is 32.2. The molecule has 0 spiro atoms. The van der Waals surface area contributed by atoms with Crippen molar-refractivity contribution in [1.82, 2.24) is 5.32 Å². The van der Waals surface area contributed by atoms with Gasteiger partial charge in [0.2, 0.25) is 5.96 Å². The summed E-state index contributed by atoms with van der Waals surface area (Å²) in [6.45, 7) is 0.0540. The molecule has 3 amide bonds. The van der Waals surface area contributed by atoms with Gasteiger partial charge in [-0.25, -0.2) is 21.6 Å². The van der Waals surface area contributed by atoms with E-state index in [4.69, 9.17) is 11.3 Å². The first kappa shape index (κ1) is 33.3. The standard InChI is InChI=1S/C30H35N7O6S2/c1-44(40,41)26-16-24(17-27(18-26)45(2,42)43)33-30(39)37(25-14-12-22(13-15-25)21-6-4-3-5-7-21)19-20-8-10-23(11-9-20)28(38)34-29(31)35-36-32/h8-18,21H,3-7,19H2,1-2H3,(H,33,39)(H4,31,32,34,35,38). The van der Waals surface area contributed by atoms with Crippen molar-refractivity contribution in [2.75, 3.05) is 22.7 Å². The molecule has 3 aromatic rings. The van der Waals surface area contributed by atoms with Gasteiger partial charge in [0.15, 0.2) is 19.7 Å². The van der Waals surface area contributed by atoms with Gasteiger partial charge < -0.3 is 11.2 Å². The van der Waals surface area contributed by atoms with E-state index in [2.05, 4.69) is 21.0 Å².